The third-order valence-corrected chi connectivity index (χ3v) is 4.57. The SMILES string of the molecule is COc1cccc(CCNC(=O)c2cccnc2Nc2cc(Cl)ccc2C)c1. The summed E-state index contributed by atoms with van der Waals surface area (Å²) >= 11 is 6.09. The quantitative estimate of drug-likeness (QED) is 0.605. The van der Waals surface area contributed by atoms with Gasteiger partial charge in [-0.25, -0.2) is 4.98 Å². The van der Waals surface area contributed by atoms with Crippen molar-refractivity contribution < 1.29 is 9.53 Å². The molecule has 3 aromatic rings. The molecule has 1 amide bonds. The van der Waals surface area contributed by atoms with Gasteiger partial charge in [0.25, 0.3) is 5.91 Å². The van der Waals surface area contributed by atoms with E-state index in [1.165, 1.54) is 0 Å². The number of hydrogen-bond acceptors (Lipinski definition) is 4. The third-order valence-electron chi connectivity index (χ3n) is 4.34. The Kier molecular flexibility index (Phi) is 6.50. The van der Waals surface area contributed by atoms with Gasteiger partial charge in [0.05, 0.1) is 12.7 Å². The van der Waals surface area contributed by atoms with Crippen molar-refractivity contribution in [3.8, 4) is 5.75 Å². The third kappa shape index (κ3) is 5.02. The Morgan fingerprint density at radius 1 is 1.14 bits per heavy atom. The second kappa shape index (κ2) is 9.24. The molecule has 1 heterocycles. The molecule has 0 aliphatic rings. The lowest BCUT2D eigenvalue weighted by Crippen LogP contribution is -2.26. The van der Waals surface area contributed by atoms with Gasteiger partial charge in [0, 0.05) is 23.5 Å². The standard InChI is InChI=1S/C22H22ClN3O2/c1-15-8-9-17(23)14-20(15)26-21-19(7-4-11-24-21)22(27)25-12-10-16-5-3-6-18(13-16)28-2/h3-9,11,13-14H,10,12H2,1-2H3,(H,24,26)(H,25,27). The van der Waals surface area contributed by atoms with Gasteiger partial charge in [-0.2, -0.15) is 0 Å². The van der Waals surface area contributed by atoms with Crippen molar-refractivity contribution in [1.29, 1.82) is 0 Å². The molecular formula is C22H22ClN3O2. The summed E-state index contributed by atoms with van der Waals surface area (Å²) in [5.74, 6) is 1.12. The zero-order valence-corrected chi connectivity index (χ0v) is 16.6. The largest absolute Gasteiger partial charge is 0.497 e. The minimum Gasteiger partial charge on any atom is -0.497 e. The summed E-state index contributed by atoms with van der Waals surface area (Å²) in [6.45, 7) is 2.48. The van der Waals surface area contributed by atoms with Gasteiger partial charge in [-0.1, -0.05) is 29.8 Å². The van der Waals surface area contributed by atoms with E-state index in [1.807, 2.05) is 49.4 Å². The van der Waals surface area contributed by atoms with E-state index in [-0.39, 0.29) is 5.91 Å². The highest BCUT2D eigenvalue weighted by molar-refractivity contribution is 6.30. The van der Waals surface area contributed by atoms with Gasteiger partial charge in [-0.05, 0) is 60.9 Å². The molecule has 0 radical (unpaired) electrons. The number of amides is 1. The average Bonchev–Trinajstić information content (AvgIpc) is 2.71. The molecule has 0 saturated carbocycles. The number of pyridine rings is 1. The molecule has 3 rings (SSSR count). The highest BCUT2D eigenvalue weighted by Gasteiger charge is 2.13. The number of aromatic nitrogens is 1. The first kappa shape index (κ1) is 19.7. The fraction of sp³-hybridized carbons (Fsp3) is 0.182. The van der Waals surface area contributed by atoms with Crippen LogP contribution in [0.15, 0.2) is 60.8 Å². The second-order valence-corrected chi connectivity index (χ2v) is 6.78. The normalized spacial score (nSPS) is 10.4. The highest BCUT2D eigenvalue weighted by Crippen LogP contribution is 2.25. The first-order valence-corrected chi connectivity index (χ1v) is 9.34. The van der Waals surface area contributed by atoms with Crippen LogP contribution in [0.3, 0.4) is 0 Å². The Hall–Kier alpha value is -3.05. The monoisotopic (exact) mass is 395 g/mol. The first-order valence-electron chi connectivity index (χ1n) is 8.96. The molecule has 0 spiro atoms. The number of aryl methyl sites for hydroxylation is 1. The van der Waals surface area contributed by atoms with E-state index in [0.29, 0.717) is 29.4 Å². The smallest absolute Gasteiger partial charge is 0.255 e. The Morgan fingerprint density at radius 3 is 2.82 bits per heavy atom. The Bertz CT molecular complexity index is 976. The fourth-order valence-corrected chi connectivity index (χ4v) is 2.96. The van der Waals surface area contributed by atoms with Crippen LogP contribution in [0.1, 0.15) is 21.5 Å². The molecule has 0 aliphatic carbocycles. The lowest BCUT2D eigenvalue weighted by atomic mass is 10.1. The fourth-order valence-electron chi connectivity index (χ4n) is 2.79. The molecule has 2 N–H and O–H groups in total. The molecule has 28 heavy (non-hydrogen) atoms. The molecule has 0 atom stereocenters. The molecule has 0 bridgehead atoms. The lowest BCUT2D eigenvalue weighted by Gasteiger charge is -2.13. The van der Waals surface area contributed by atoms with Crippen molar-refractivity contribution in [2.24, 2.45) is 0 Å². The number of anilines is 2. The van der Waals surface area contributed by atoms with Crippen LogP contribution >= 0.6 is 11.6 Å². The molecule has 1 aromatic heterocycles. The van der Waals surface area contributed by atoms with E-state index in [1.54, 1.807) is 25.4 Å². The van der Waals surface area contributed by atoms with Crippen molar-refractivity contribution in [2.75, 3.05) is 19.0 Å². The van der Waals surface area contributed by atoms with Crippen molar-refractivity contribution in [1.82, 2.24) is 10.3 Å². The van der Waals surface area contributed by atoms with E-state index < -0.39 is 0 Å². The summed E-state index contributed by atoms with van der Waals surface area (Å²) in [6.07, 6.45) is 2.36. The minimum absolute atomic E-state index is 0.182. The predicted molar refractivity (Wildman–Crippen MR) is 113 cm³/mol. The van der Waals surface area contributed by atoms with Gasteiger partial charge in [0.15, 0.2) is 0 Å². The van der Waals surface area contributed by atoms with Crippen molar-refractivity contribution in [2.45, 2.75) is 13.3 Å². The van der Waals surface area contributed by atoms with Crippen LogP contribution in [-0.4, -0.2) is 24.5 Å². The maximum atomic E-state index is 12.7. The molecule has 2 aromatic carbocycles. The van der Waals surface area contributed by atoms with E-state index in [0.717, 1.165) is 22.6 Å². The number of ether oxygens (including phenoxy) is 1. The maximum absolute atomic E-state index is 12.7. The zero-order chi connectivity index (χ0) is 19.9. The van der Waals surface area contributed by atoms with Crippen molar-refractivity contribution in [3.05, 3.63) is 82.5 Å². The summed E-state index contributed by atoms with van der Waals surface area (Å²) in [5.41, 5.74) is 3.40. The maximum Gasteiger partial charge on any atom is 0.255 e. The van der Waals surface area contributed by atoms with Gasteiger partial charge in [-0.3, -0.25) is 4.79 Å². The Labute approximate surface area is 169 Å². The van der Waals surface area contributed by atoms with Crippen LogP contribution in [0.25, 0.3) is 0 Å². The molecule has 5 nitrogen and oxygen atoms in total. The highest BCUT2D eigenvalue weighted by atomic mass is 35.5. The number of nitrogens with zero attached hydrogens (tertiary/aromatic N) is 1. The summed E-state index contributed by atoms with van der Waals surface area (Å²) < 4.78 is 5.23. The molecule has 6 heteroatoms. The number of rotatable bonds is 7. The van der Waals surface area contributed by atoms with Crippen LogP contribution in [0.4, 0.5) is 11.5 Å². The van der Waals surface area contributed by atoms with Gasteiger partial charge in [-0.15, -0.1) is 0 Å². The molecule has 144 valence electrons. The zero-order valence-electron chi connectivity index (χ0n) is 15.8. The van der Waals surface area contributed by atoms with Gasteiger partial charge >= 0.3 is 0 Å². The molecule has 0 aliphatic heterocycles. The van der Waals surface area contributed by atoms with Crippen LogP contribution in [0, 0.1) is 6.92 Å². The number of halogens is 1. The lowest BCUT2D eigenvalue weighted by molar-refractivity contribution is 0.0954. The van der Waals surface area contributed by atoms with Gasteiger partial charge in [0.1, 0.15) is 11.6 Å². The number of nitrogens with one attached hydrogen (secondary N) is 2. The van der Waals surface area contributed by atoms with Crippen molar-refractivity contribution >= 4 is 29.0 Å². The predicted octanol–water partition coefficient (Wildman–Crippen LogP) is 4.77. The number of methoxy groups -OCH3 is 1. The Balaban J connectivity index is 1.67. The van der Waals surface area contributed by atoms with E-state index >= 15 is 0 Å². The van der Waals surface area contributed by atoms with Crippen LogP contribution in [-0.2, 0) is 6.42 Å². The second-order valence-electron chi connectivity index (χ2n) is 6.34. The number of benzene rings is 2. The molecule has 0 unspecified atom stereocenters. The minimum atomic E-state index is -0.182. The summed E-state index contributed by atoms with van der Waals surface area (Å²) in [6, 6.07) is 16.9. The number of hydrogen-bond donors (Lipinski definition) is 2. The Morgan fingerprint density at radius 2 is 2.00 bits per heavy atom. The van der Waals surface area contributed by atoms with Crippen LogP contribution < -0.4 is 15.4 Å². The van der Waals surface area contributed by atoms with Crippen molar-refractivity contribution in [3.63, 3.8) is 0 Å². The van der Waals surface area contributed by atoms with E-state index in [2.05, 4.69) is 15.6 Å². The summed E-state index contributed by atoms with van der Waals surface area (Å²) in [5, 5.41) is 6.78. The van der Waals surface area contributed by atoms with Crippen LogP contribution in [0.2, 0.25) is 5.02 Å². The number of carbonyl (C=O) groups is 1. The first-order chi connectivity index (χ1) is 13.6. The topological polar surface area (TPSA) is 63.2 Å². The van der Waals surface area contributed by atoms with Gasteiger partial charge < -0.3 is 15.4 Å². The average molecular weight is 396 g/mol. The van der Waals surface area contributed by atoms with E-state index in [4.69, 9.17) is 16.3 Å². The number of carbonyl (C=O) groups excluding carboxylic acids is 1. The van der Waals surface area contributed by atoms with E-state index in [9.17, 15) is 4.79 Å². The van der Waals surface area contributed by atoms with Gasteiger partial charge in [0.2, 0.25) is 0 Å². The summed E-state index contributed by atoms with van der Waals surface area (Å²) in [7, 11) is 1.64. The molecule has 0 fully saturated rings. The summed E-state index contributed by atoms with van der Waals surface area (Å²) in [4.78, 5) is 17.0. The van der Waals surface area contributed by atoms with Crippen LogP contribution in [0.5, 0.6) is 5.75 Å². The molecular weight excluding hydrogens is 374 g/mol. The molecule has 0 saturated heterocycles.